The van der Waals surface area contributed by atoms with E-state index in [9.17, 15) is 0 Å². The molecular formula is C13H20O2S. The fraction of sp³-hybridized carbons (Fsp3) is 0.538. The molecule has 1 aromatic rings. The second kappa shape index (κ2) is 6.81. The van der Waals surface area contributed by atoms with Crippen molar-refractivity contribution in [1.82, 2.24) is 0 Å². The van der Waals surface area contributed by atoms with E-state index in [0.717, 1.165) is 24.5 Å². The Morgan fingerprint density at radius 2 is 1.75 bits per heavy atom. The van der Waals surface area contributed by atoms with Crippen molar-refractivity contribution < 1.29 is 9.47 Å². The van der Waals surface area contributed by atoms with Gasteiger partial charge >= 0.3 is 0 Å². The highest BCUT2D eigenvalue weighted by Gasteiger charge is 2.05. The fourth-order valence-corrected chi connectivity index (χ4v) is 2.67. The highest BCUT2D eigenvalue weighted by Crippen LogP contribution is 2.30. The molecule has 0 aliphatic rings. The van der Waals surface area contributed by atoms with E-state index in [1.165, 1.54) is 16.0 Å². The van der Waals surface area contributed by atoms with Gasteiger partial charge in [-0.1, -0.05) is 0 Å². The fourth-order valence-electron chi connectivity index (χ4n) is 1.63. The lowest BCUT2D eigenvalue weighted by Gasteiger charge is -2.11. The minimum atomic E-state index is 0.835. The SMILES string of the molecule is COCCCSc1c(C)cc(OC)cc1C. The number of benzene rings is 1. The maximum absolute atomic E-state index is 5.24. The van der Waals surface area contributed by atoms with E-state index in [2.05, 4.69) is 26.0 Å². The number of rotatable bonds is 6. The smallest absolute Gasteiger partial charge is 0.119 e. The third-order valence-corrected chi connectivity index (χ3v) is 3.83. The largest absolute Gasteiger partial charge is 0.497 e. The Kier molecular flexibility index (Phi) is 5.71. The Balaban J connectivity index is 2.65. The minimum absolute atomic E-state index is 0.835. The number of ether oxygens (including phenoxy) is 2. The molecule has 0 atom stereocenters. The van der Waals surface area contributed by atoms with Crippen molar-refractivity contribution in [2.75, 3.05) is 26.6 Å². The van der Waals surface area contributed by atoms with Crippen molar-refractivity contribution in [3.63, 3.8) is 0 Å². The van der Waals surface area contributed by atoms with Gasteiger partial charge in [0.2, 0.25) is 0 Å². The number of thioether (sulfide) groups is 1. The van der Waals surface area contributed by atoms with Gasteiger partial charge in [-0.25, -0.2) is 0 Å². The topological polar surface area (TPSA) is 18.5 Å². The summed E-state index contributed by atoms with van der Waals surface area (Å²) in [5.41, 5.74) is 2.58. The van der Waals surface area contributed by atoms with Crippen LogP contribution in [0.2, 0.25) is 0 Å². The zero-order valence-corrected chi connectivity index (χ0v) is 11.3. The second-order valence-corrected chi connectivity index (χ2v) is 4.89. The normalized spacial score (nSPS) is 10.5. The van der Waals surface area contributed by atoms with Crippen LogP contribution < -0.4 is 4.74 Å². The van der Waals surface area contributed by atoms with Crippen molar-refractivity contribution in [2.24, 2.45) is 0 Å². The number of methoxy groups -OCH3 is 2. The van der Waals surface area contributed by atoms with Crippen LogP contribution in [0.5, 0.6) is 5.75 Å². The molecule has 16 heavy (non-hydrogen) atoms. The average Bonchev–Trinajstić information content (AvgIpc) is 2.26. The lowest BCUT2D eigenvalue weighted by Crippen LogP contribution is -1.93. The standard InChI is InChI=1S/C13H20O2S/c1-10-8-12(15-4)9-11(2)13(10)16-7-5-6-14-3/h8-9H,5-7H2,1-4H3. The Hall–Kier alpha value is -0.670. The molecule has 0 radical (unpaired) electrons. The molecule has 0 aliphatic carbocycles. The van der Waals surface area contributed by atoms with Gasteiger partial charge in [0.15, 0.2) is 0 Å². The van der Waals surface area contributed by atoms with Crippen LogP contribution >= 0.6 is 11.8 Å². The second-order valence-electron chi connectivity index (χ2n) is 3.79. The van der Waals surface area contributed by atoms with Crippen LogP contribution in [0.25, 0.3) is 0 Å². The molecular weight excluding hydrogens is 220 g/mol. The maximum Gasteiger partial charge on any atom is 0.119 e. The van der Waals surface area contributed by atoms with E-state index in [1.807, 2.05) is 11.8 Å². The summed E-state index contributed by atoms with van der Waals surface area (Å²) in [4.78, 5) is 1.37. The van der Waals surface area contributed by atoms with Gasteiger partial charge < -0.3 is 9.47 Å². The van der Waals surface area contributed by atoms with E-state index < -0.39 is 0 Å². The van der Waals surface area contributed by atoms with E-state index >= 15 is 0 Å². The first-order valence-electron chi connectivity index (χ1n) is 5.46. The Morgan fingerprint density at radius 1 is 1.12 bits per heavy atom. The molecule has 3 heteroatoms. The van der Waals surface area contributed by atoms with Crippen molar-refractivity contribution in [3.05, 3.63) is 23.3 Å². The zero-order valence-electron chi connectivity index (χ0n) is 10.5. The average molecular weight is 240 g/mol. The summed E-state index contributed by atoms with van der Waals surface area (Å²) in [6.45, 7) is 5.10. The first kappa shape index (κ1) is 13.4. The molecule has 0 saturated carbocycles. The molecule has 90 valence electrons. The van der Waals surface area contributed by atoms with Gasteiger partial charge in [-0.3, -0.25) is 0 Å². The zero-order chi connectivity index (χ0) is 12.0. The van der Waals surface area contributed by atoms with Crippen molar-refractivity contribution in [1.29, 1.82) is 0 Å². The molecule has 0 saturated heterocycles. The predicted molar refractivity (Wildman–Crippen MR) is 69.7 cm³/mol. The van der Waals surface area contributed by atoms with E-state index in [1.54, 1.807) is 14.2 Å². The maximum atomic E-state index is 5.24. The summed E-state index contributed by atoms with van der Waals surface area (Å²) in [6.07, 6.45) is 1.09. The van der Waals surface area contributed by atoms with Crippen LogP contribution in [0, 0.1) is 13.8 Å². The summed E-state index contributed by atoms with van der Waals surface area (Å²) >= 11 is 1.90. The summed E-state index contributed by atoms with van der Waals surface area (Å²) in [5, 5.41) is 0. The molecule has 0 aliphatic heterocycles. The lowest BCUT2D eigenvalue weighted by molar-refractivity contribution is 0.200. The quantitative estimate of drug-likeness (QED) is 0.560. The molecule has 0 bridgehead atoms. The van der Waals surface area contributed by atoms with Crippen LogP contribution in [-0.4, -0.2) is 26.6 Å². The molecule has 0 fully saturated rings. The summed E-state index contributed by atoms with van der Waals surface area (Å²) in [6, 6.07) is 4.18. The molecule has 2 nitrogen and oxygen atoms in total. The van der Waals surface area contributed by atoms with Gasteiger partial charge in [-0.2, -0.15) is 0 Å². The summed E-state index contributed by atoms with van der Waals surface area (Å²) in [7, 11) is 3.45. The van der Waals surface area contributed by atoms with Crippen molar-refractivity contribution >= 4 is 11.8 Å². The van der Waals surface area contributed by atoms with E-state index in [4.69, 9.17) is 9.47 Å². The monoisotopic (exact) mass is 240 g/mol. The first-order valence-corrected chi connectivity index (χ1v) is 6.44. The molecule has 0 heterocycles. The van der Waals surface area contributed by atoms with Gasteiger partial charge in [0.25, 0.3) is 0 Å². The highest BCUT2D eigenvalue weighted by atomic mass is 32.2. The Bertz CT molecular complexity index is 314. The van der Waals surface area contributed by atoms with Gasteiger partial charge in [0, 0.05) is 24.4 Å². The summed E-state index contributed by atoms with van der Waals surface area (Å²) in [5.74, 6) is 2.04. The lowest BCUT2D eigenvalue weighted by atomic mass is 10.1. The van der Waals surface area contributed by atoms with Crippen LogP contribution in [0.4, 0.5) is 0 Å². The third kappa shape index (κ3) is 3.72. The first-order chi connectivity index (χ1) is 7.69. The molecule has 0 aromatic heterocycles. The van der Waals surface area contributed by atoms with E-state index in [-0.39, 0.29) is 0 Å². The Labute approximate surface area is 102 Å². The molecule has 0 spiro atoms. The van der Waals surface area contributed by atoms with Gasteiger partial charge in [-0.05, 0) is 43.5 Å². The molecule has 0 unspecified atom stereocenters. The van der Waals surface area contributed by atoms with Crippen molar-refractivity contribution in [3.8, 4) is 5.75 Å². The molecule has 1 aromatic carbocycles. The Morgan fingerprint density at radius 3 is 2.25 bits per heavy atom. The summed E-state index contributed by atoms with van der Waals surface area (Å²) < 4.78 is 10.3. The van der Waals surface area contributed by atoms with Crippen LogP contribution in [0.3, 0.4) is 0 Å². The third-order valence-electron chi connectivity index (χ3n) is 2.41. The molecule has 0 amide bonds. The predicted octanol–water partition coefficient (Wildman–Crippen LogP) is 3.44. The number of aryl methyl sites for hydroxylation is 2. The molecule has 0 N–H and O–H groups in total. The van der Waals surface area contributed by atoms with Gasteiger partial charge in [-0.15, -0.1) is 11.8 Å². The van der Waals surface area contributed by atoms with E-state index in [0.29, 0.717) is 0 Å². The highest BCUT2D eigenvalue weighted by molar-refractivity contribution is 7.99. The number of hydrogen-bond acceptors (Lipinski definition) is 3. The minimum Gasteiger partial charge on any atom is -0.497 e. The van der Waals surface area contributed by atoms with Crippen molar-refractivity contribution in [2.45, 2.75) is 25.2 Å². The number of hydrogen-bond donors (Lipinski definition) is 0. The molecule has 1 rings (SSSR count). The van der Waals surface area contributed by atoms with Crippen LogP contribution in [0.15, 0.2) is 17.0 Å². The van der Waals surface area contributed by atoms with Crippen LogP contribution in [-0.2, 0) is 4.74 Å². The van der Waals surface area contributed by atoms with Crippen LogP contribution in [0.1, 0.15) is 17.5 Å². The van der Waals surface area contributed by atoms with Gasteiger partial charge in [0.1, 0.15) is 5.75 Å². The van der Waals surface area contributed by atoms with Gasteiger partial charge in [0.05, 0.1) is 7.11 Å².